The van der Waals surface area contributed by atoms with Gasteiger partial charge in [0.2, 0.25) is 5.91 Å². The molecular formula is C14H26N4O2S3. The molecule has 132 valence electrons. The standard InChI is InChI=1S/C14H26N4O2S3/c15-5-7-22-23-8-6-16-12(19)4-2-1-3-11-13-10(9-21-11)17-14(20)18-13/h10-11,13H,1-9,15H2,(H,16,19)(H2,17,18,20)/t10-,11?,13-/m0/s1. The molecule has 9 heteroatoms. The van der Waals surface area contributed by atoms with Crippen LogP contribution in [0.5, 0.6) is 0 Å². The Labute approximate surface area is 150 Å². The summed E-state index contributed by atoms with van der Waals surface area (Å²) < 4.78 is 0. The molecule has 2 fully saturated rings. The second-order valence-corrected chi connectivity index (χ2v) is 9.62. The van der Waals surface area contributed by atoms with Crippen LogP contribution in [0.15, 0.2) is 0 Å². The molecule has 5 N–H and O–H groups in total. The van der Waals surface area contributed by atoms with Gasteiger partial charge in [0.15, 0.2) is 0 Å². The van der Waals surface area contributed by atoms with E-state index in [2.05, 4.69) is 16.0 Å². The van der Waals surface area contributed by atoms with E-state index in [1.807, 2.05) is 11.8 Å². The lowest BCUT2D eigenvalue weighted by Gasteiger charge is -2.16. The van der Waals surface area contributed by atoms with Crippen molar-refractivity contribution in [3.8, 4) is 0 Å². The summed E-state index contributed by atoms with van der Waals surface area (Å²) in [5.41, 5.74) is 5.41. The zero-order chi connectivity index (χ0) is 16.5. The SMILES string of the molecule is NCCSSCCNC(=O)CCCCC1SC[C@@H]2NC(=O)N[C@H]12. The molecule has 0 aliphatic carbocycles. The molecule has 0 aromatic carbocycles. The summed E-state index contributed by atoms with van der Waals surface area (Å²) in [5, 5.41) is 9.39. The molecule has 0 spiro atoms. The third-order valence-corrected chi connectivity index (χ3v) is 7.82. The molecule has 1 unspecified atom stereocenters. The highest BCUT2D eigenvalue weighted by molar-refractivity contribution is 8.76. The van der Waals surface area contributed by atoms with Gasteiger partial charge in [0, 0.05) is 42.0 Å². The number of urea groups is 1. The topological polar surface area (TPSA) is 96.2 Å². The minimum atomic E-state index is -0.0350. The van der Waals surface area contributed by atoms with Crippen molar-refractivity contribution in [2.45, 2.75) is 43.0 Å². The Balaban J connectivity index is 1.46. The van der Waals surface area contributed by atoms with Gasteiger partial charge < -0.3 is 21.7 Å². The van der Waals surface area contributed by atoms with E-state index in [9.17, 15) is 9.59 Å². The zero-order valence-corrected chi connectivity index (χ0v) is 15.7. The summed E-state index contributed by atoms with van der Waals surface area (Å²) in [6.07, 6.45) is 3.60. The van der Waals surface area contributed by atoms with Crippen molar-refractivity contribution < 1.29 is 9.59 Å². The average molecular weight is 379 g/mol. The molecule has 23 heavy (non-hydrogen) atoms. The predicted molar refractivity (Wildman–Crippen MR) is 101 cm³/mol. The van der Waals surface area contributed by atoms with Crippen LogP contribution >= 0.6 is 33.3 Å². The zero-order valence-electron chi connectivity index (χ0n) is 13.2. The molecular weight excluding hydrogens is 352 g/mol. The third-order valence-electron chi connectivity index (χ3n) is 3.87. The monoisotopic (exact) mass is 378 g/mol. The number of carbonyl (C=O) groups is 2. The first-order chi connectivity index (χ1) is 11.2. The maximum atomic E-state index is 11.7. The quantitative estimate of drug-likeness (QED) is 0.245. The molecule has 3 atom stereocenters. The maximum absolute atomic E-state index is 11.7. The Morgan fingerprint density at radius 1 is 1.30 bits per heavy atom. The number of hydrogen-bond acceptors (Lipinski definition) is 6. The van der Waals surface area contributed by atoms with Crippen LogP contribution in [0.2, 0.25) is 0 Å². The van der Waals surface area contributed by atoms with Gasteiger partial charge in [-0.3, -0.25) is 4.79 Å². The van der Waals surface area contributed by atoms with Crippen LogP contribution < -0.4 is 21.7 Å². The summed E-state index contributed by atoms with van der Waals surface area (Å²) >= 11 is 1.93. The van der Waals surface area contributed by atoms with E-state index in [-0.39, 0.29) is 24.0 Å². The average Bonchev–Trinajstić information content (AvgIpc) is 3.07. The third kappa shape index (κ3) is 6.64. The van der Waals surface area contributed by atoms with Gasteiger partial charge in [-0.05, 0) is 12.8 Å². The lowest BCUT2D eigenvalue weighted by atomic mass is 10.0. The fraction of sp³-hybridized carbons (Fsp3) is 0.857. The van der Waals surface area contributed by atoms with Crippen LogP contribution in [0, 0.1) is 0 Å². The Morgan fingerprint density at radius 2 is 2.13 bits per heavy atom. The number of nitrogens with one attached hydrogen (secondary N) is 3. The molecule has 0 radical (unpaired) electrons. The minimum absolute atomic E-state index is 0.0350. The van der Waals surface area contributed by atoms with Crippen LogP contribution in [0.1, 0.15) is 25.7 Å². The second kappa shape index (κ2) is 10.6. The largest absolute Gasteiger partial charge is 0.355 e. The van der Waals surface area contributed by atoms with Gasteiger partial charge in [-0.25, -0.2) is 4.79 Å². The first-order valence-electron chi connectivity index (χ1n) is 8.10. The van der Waals surface area contributed by atoms with E-state index < -0.39 is 0 Å². The molecule has 6 nitrogen and oxygen atoms in total. The summed E-state index contributed by atoms with van der Waals surface area (Å²) in [6, 6.07) is 0.520. The second-order valence-electron chi connectivity index (χ2n) is 5.65. The van der Waals surface area contributed by atoms with E-state index in [4.69, 9.17) is 5.73 Å². The number of hydrogen-bond donors (Lipinski definition) is 4. The number of thioether (sulfide) groups is 1. The van der Waals surface area contributed by atoms with Crippen molar-refractivity contribution in [1.29, 1.82) is 0 Å². The van der Waals surface area contributed by atoms with Gasteiger partial charge in [0.05, 0.1) is 12.1 Å². The summed E-state index contributed by atoms with van der Waals surface area (Å²) in [5.74, 6) is 3.01. The molecule has 0 saturated carbocycles. The Hall–Kier alpha value is -0.250. The summed E-state index contributed by atoms with van der Waals surface area (Å²) in [4.78, 5) is 23.0. The summed E-state index contributed by atoms with van der Waals surface area (Å²) in [7, 11) is 3.50. The normalized spacial score (nSPS) is 25.8. The number of nitrogens with two attached hydrogens (primary N) is 1. The lowest BCUT2D eigenvalue weighted by molar-refractivity contribution is -0.121. The Morgan fingerprint density at radius 3 is 2.96 bits per heavy atom. The van der Waals surface area contributed by atoms with Crippen molar-refractivity contribution >= 4 is 45.3 Å². The van der Waals surface area contributed by atoms with E-state index >= 15 is 0 Å². The summed E-state index contributed by atoms with van der Waals surface area (Å²) in [6.45, 7) is 1.42. The smallest absolute Gasteiger partial charge is 0.315 e. The molecule has 0 bridgehead atoms. The number of carbonyl (C=O) groups excluding carboxylic acids is 2. The predicted octanol–water partition coefficient (Wildman–Crippen LogP) is 1.17. The lowest BCUT2D eigenvalue weighted by Crippen LogP contribution is -2.36. The van der Waals surface area contributed by atoms with Crippen molar-refractivity contribution in [1.82, 2.24) is 16.0 Å². The van der Waals surface area contributed by atoms with Gasteiger partial charge in [0.1, 0.15) is 0 Å². The number of fused-ring (bicyclic) bond motifs is 1. The van der Waals surface area contributed by atoms with Crippen LogP contribution in [-0.2, 0) is 4.79 Å². The van der Waals surface area contributed by atoms with Crippen LogP contribution in [0.4, 0.5) is 4.79 Å². The molecule has 2 heterocycles. The van der Waals surface area contributed by atoms with E-state index in [1.54, 1.807) is 21.6 Å². The van der Waals surface area contributed by atoms with Gasteiger partial charge in [-0.1, -0.05) is 28.0 Å². The van der Waals surface area contributed by atoms with Crippen molar-refractivity contribution in [3.05, 3.63) is 0 Å². The molecule has 2 rings (SSSR count). The fourth-order valence-electron chi connectivity index (χ4n) is 2.76. The molecule has 0 aromatic rings. The highest BCUT2D eigenvalue weighted by Crippen LogP contribution is 2.33. The number of rotatable bonds is 11. The van der Waals surface area contributed by atoms with Crippen LogP contribution in [0.3, 0.4) is 0 Å². The van der Waals surface area contributed by atoms with Crippen LogP contribution in [-0.4, -0.2) is 59.6 Å². The number of amides is 3. The molecule has 2 saturated heterocycles. The van der Waals surface area contributed by atoms with Crippen molar-refractivity contribution in [2.24, 2.45) is 5.73 Å². The molecule has 0 aromatic heterocycles. The number of unbranched alkanes of at least 4 members (excludes halogenated alkanes) is 1. The van der Waals surface area contributed by atoms with Gasteiger partial charge in [0.25, 0.3) is 0 Å². The highest BCUT2D eigenvalue weighted by atomic mass is 33.1. The Kier molecular flexibility index (Phi) is 8.78. The van der Waals surface area contributed by atoms with Gasteiger partial charge in [-0.2, -0.15) is 11.8 Å². The Bertz CT molecular complexity index is 400. The molecule has 3 amide bonds. The van der Waals surface area contributed by atoms with E-state index in [0.29, 0.717) is 18.2 Å². The maximum Gasteiger partial charge on any atom is 0.315 e. The first kappa shape index (κ1) is 19.1. The highest BCUT2D eigenvalue weighted by Gasteiger charge is 2.42. The van der Waals surface area contributed by atoms with Crippen molar-refractivity contribution in [3.63, 3.8) is 0 Å². The minimum Gasteiger partial charge on any atom is -0.355 e. The van der Waals surface area contributed by atoms with Crippen molar-refractivity contribution in [2.75, 3.05) is 30.3 Å². The van der Waals surface area contributed by atoms with Gasteiger partial charge >= 0.3 is 6.03 Å². The van der Waals surface area contributed by atoms with E-state index in [0.717, 1.165) is 43.1 Å². The van der Waals surface area contributed by atoms with E-state index in [1.165, 1.54) is 0 Å². The molecule has 2 aliphatic rings. The van der Waals surface area contributed by atoms with Gasteiger partial charge in [-0.15, -0.1) is 0 Å². The molecule has 2 aliphatic heterocycles. The fourth-order valence-corrected chi connectivity index (χ4v) is 6.07. The first-order valence-corrected chi connectivity index (χ1v) is 11.6. The van der Waals surface area contributed by atoms with Crippen LogP contribution in [0.25, 0.3) is 0 Å².